The summed E-state index contributed by atoms with van der Waals surface area (Å²) in [6, 6.07) is 2.37. The first-order chi connectivity index (χ1) is 12.4. The Hall–Kier alpha value is -0.833. The minimum atomic E-state index is -1.57. The standard InChI is InChI=1S/C23H43NOSi/c1-20(2)26(21(3)4,22(5)6)24-17-16-23(19-24)15-13-11-9-7-8-10-12-14-18-25/h16-22H,7-15H2,1-6H3. The van der Waals surface area contributed by atoms with Crippen LogP contribution < -0.4 is 0 Å². The molecule has 0 aromatic carbocycles. The number of aromatic nitrogens is 1. The number of carbonyl (C=O) groups excluding carboxylic acids is 1. The van der Waals surface area contributed by atoms with Gasteiger partial charge in [0.2, 0.25) is 0 Å². The van der Waals surface area contributed by atoms with Gasteiger partial charge in [0.15, 0.2) is 8.24 Å². The molecule has 0 unspecified atom stereocenters. The molecule has 0 bridgehead atoms. The Balaban J connectivity index is 2.48. The third-order valence-electron chi connectivity index (χ3n) is 6.26. The van der Waals surface area contributed by atoms with Gasteiger partial charge in [-0.2, -0.15) is 0 Å². The van der Waals surface area contributed by atoms with Crippen molar-refractivity contribution in [1.29, 1.82) is 0 Å². The van der Waals surface area contributed by atoms with E-state index in [9.17, 15) is 4.79 Å². The van der Waals surface area contributed by atoms with Gasteiger partial charge in [-0.1, -0.05) is 73.6 Å². The summed E-state index contributed by atoms with van der Waals surface area (Å²) in [6.07, 6.45) is 16.7. The molecule has 0 fully saturated rings. The fourth-order valence-corrected chi connectivity index (χ4v) is 11.7. The molecule has 1 rings (SSSR count). The van der Waals surface area contributed by atoms with E-state index < -0.39 is 8.24 Å². The largest absolute Gasteiger partial charge is 0.379 e. The second kappa shape index (κ2) is 11.8. The molecule has 0 aliphatic rings. The molecule has 0 aliphatic carbocycles. The summed E-state index contributed by atoms with van der Waals surface area (Å²) in [6.45, 7) is 14.6. The molecule has 0 saturated heterocycles. The van der Waals surface area contributed by atoms with Gasteiger partial charge in [0.1, 0.15) is 6.29 Å². The Bertz CT molecular complexity index is 482. The number of aldehydes is 1. The molecule has 3 heteroatoms. The Morgan fingerprint density at radius 2 is 1.35 bits per heavy atom. The summed E-state index contributed by atoms with van der Waals surface area (Å²) < 4.78 is 2.66. The molecular weight excluding hydrogens is 334 g/mol. The fraction of sp³-hybridized carbons (Fsp3) is 0.783. The molecule has 0 amide bonds. The highest BCUT2D eigenvalue weighted by atomic mass is 28.3. The van der Waals surface area contributed by atoms with E-state index in [1.165, 1.54) is 50.5 Å². The maximum atomic E-state index is 10.3. The van der Waals surface area contributed by atoms with Crippen LogP contribution in [0.5, 0.6) is 0 Å². The first-order valence-electron chi connectivity index (χ1n) is 11.0. The SMILES string of the molecule is CC(C)[Si](C(C)C)(C(C)C)n1ccc(CCCCCCCCCC=O)c1. The van der Waals surface area contributed by atoms with Crippen molar-refractivity contribution < 1.29 is 4.79 Å². The summed E-state index contributed by atoms with van der Waals surface area (Å²) in [5.74, 6) is 0. The quantitative estimate of drug-likeness (QED) is 0.188. The number of aryl methyl sites for hydroxylation is 1. The van der Waals surface area contributed by atoms with E-state index in [1.807, 2.05) is 0 Å². The van der Waals surface area contributed by atoms with Crippen molar-refractivity contribution in [3.8, 4) is 0 Å². The van der Waals surface area contributed by atoms with Crippen LogP contribution in [0.2, 0.25) is 16.6 Å². The van der Waals surface area contributed by atoms with Crippen LogP contribution in [-0.4, -0.2) is 18.8 Å². The van der Waals surface area contributed by atoms with Crippen LogP contribution in [0.3, 0.4) is 0 Å². The summed E-state index contributed by atoms with van der Waals surface area (Å²) in [5.41, 5.74) is 3.78. The third kappa shape index (κ3) is 6.11. The zero-order valence-electron chi connectivity index (χ0n) is 18.3. The summed E-state index contributed by atoms with van der Waals surface area (Å²) in [4.78, 5) is 10.3. The first-order valence-corrected chi connectivity index (χ1v) is 13.2. The maximum Gasteiger partial charge on any atom is 0.168 e. The van der Waals surface area contributed by atoms with E-state index in [1.54, 1.807) is 0 Å². The summed E-state index contributed by atoms with van der Waals surface area (Å²) in [5, 5.41) is 0. The normalized spacial score (nSPS) is 12.5. The number of hydrogen-bond donors (Lipinski definition) is 0. The molecule has 0 saturated carbocycles. The van der Waals surface area contributed by atoms with Crippen LogP contribution in [0.1, 0.15) is 98.5 Å². The molecule has 26 heavy (non-hydrogen) atoms. The van der Waals surface area contributed by atoms with Crippen molar-refractivity contribution in [3.63, 3.8) is 0 Å². The van der Waals surface area contributed by atoms with Gasteiger partial charge in [0, 0.05) is 6.42 Å². The zero-order chi connectivity index (χ0) is 19.6. The topological polar surface area (TPSA) is 22.0 Å². The lowest BCUT2D eigenvalue weighted by Gasteiger charge is -2.44. The first kappa shape index (κ1) is 23.2. The van der Waals surface area contributed by atoms with Gasteiger partial charge in [0.05, 0.1) is 0 Å². The number of carbonyl (C=O) groups is 1. The molecule has 0 radical (unpaired) electrons. The molecule has 0 N–H and O–H groups in total. The van der Waals surface area contributed by atoms with Gasteiger partial charge in [-0.15, -0.1) is 0 Å². The number of rotatable bonds is 14. The molecule has 0 aliphatic heterocycles. The third-order valence-corrected chi connectivity index (χ3v) is 13.0. The van der Waals surface area contributed by atoms with Crippen molar-refractivity contribution in [2.45, 2.75) is 116 Å². The molecule has 2 nitrogen and oxygen atoms in total. The van der Waals surface area contributed by atoms with Crippen molar-refractivity contribution in [2.24, 2.45) is 0 Å². The van der Waals surface area contributed by atoms with Gasteiger partial charge in [-0.3, -0.25) is 0 Å². The van der Waals surface area contributed by atoms with Crippen LogP contribution in [0.15, 0.2) is 18.5 Å². The highest BCUT2D eigenvalue weighted by Gasteiger charge is 2.44. The Labute approximate surface area is 163 Å². The van der Waals surface area contributed by atoms with Gasteiger partial charge in [0.25, 0.3) is 0 Å². The van der Waals surface area contributed by atoms with Crippen molar-refractivity contribution >= 4 is 14.5 Å². The predicted octanol–water partition coefficient (Wildman–Crippen LogP) is 7.37. The Morgan fingerprint density at radius 3 is 1.85 bits per heavy atom. The zero-order valence-corrected chi connectivity index (χ0v) is 19.3. The van der Waals surface area contributed by atoms with Crippen LogP contribution in [-0.2, 0) is 11.2 Å². The number of nitrogens with zero attached hydrogens (tertiary/aromatic N) is 1. The lowest BCUT2D eigenvalue weighted by atomic mass is 10.1. The second-order valence-electron chi connectivity index (χ2n) is 8.96. The predicted molar refractivity (Wildman–Crippen MR) is 118 cm³/mol. The monoisotopic (exact) mass is 377 g/mol. The number of unbranched alkanes of at least 4 members (excludes halogenated alkanes) is 7. The van der Waals surface area contributed by atoms with Crippen LogP contribution in [0.25, 0.3) is 0 Å². The Morgan fingerprint density at radius 1 is 0.846 bits per heavy atom. The highest BCUT2D eigenvalue weighted by Crippen LogP contribution is 2.42. The van der Waals surface area contributed by atoms with E-state index in [0.29, 0.717) is 0 Å². The Kier molecular flexibility index (Phi) is 10.5. The average Bonchev–Trinajstić information content (AvgIpc) is 3.01. The maximum absolute atomic E-state index is 10.3. The summed E-state index contributed by atoms with van der Waals surface area (Å²) in [7, 11) is -1.57. The molecule has 1 aromatic heterocycles. The molecule has 0 atom stereocenters. The van der Waals surface area contributed by atoms with E-state index in [-0.39, 0.29) is 0 Å². The minimum Gasteiger partial charge on any atom is -0.379 e. The van der Waals surface area contributed by atoms with Crippen LogP contribution in [0.4, 0.5) is 0 Å². The molecule has 1 aromatic rings. The smallest absolute Gasteiger partial charge is 0.168 e. The second-order valence-corrected chi connectivity index (χ2v) is 14.7. The van der Waals surface area contributed by atoms with E-state index in [0.717, 1.165) is 35.8 Å². The molecule has 150 valence electrons. The lowest BCUT2D eigenvalue weighted by Crippen LogP contribution is -2.51. The summed E-state index contributed by atoms with van der Waals surface area (Å²) >= 11 is 0. The average molecular weight is 378 g/mol. The van der Waals surface area contributed by atoms with Crippen LogP contribution >= 0.6 is 0 Å². The van der Waals surface area contributed by atoms with E-state index in [2.05, 4.69) is 64.2 Å². The van der Waals surface area contributed by atoms with E-state index >= 15 is 0 Å². The van der Waals surface area contributed by atoms with Gasteiger partial charge >= 0.3 is 0 Å². The van der Waals surface area contributed by atoms with Crippen molar-refractivity contribution in [3.05, 3.63) is 24.0 Å². The molecular formula is C23H43NOSi. The van der Waals surface area contributed by atoms with Gasteiger partial charge < -0.3 is 9.03 Å². The molecule has 1 heterocycles. The minimum absolute atomic E-state index is 0.741. The lowest BCUT2D eigenvalue weighted by molar-refractivity contribution is -0.107. The van der Waals surface area contributed by atoms with Crippen molar-refractivity contribution in [1.82, 2.24) is 4.23 Å². The van der Waals surface area contributed by atoms with Crippen LogP contribution in [0, 0.1) is 0 Å². The van der Waals surface area contributed by atoms with E-state index in [4.69, 9.17) is 0 Å². The number of hydrogen-bond acceptors (Lipinski definition) is 1. The van der Waals surface area contributed by atoms with Crippen molar-refractivity contribution in [2.75, 3.05) is 0 Å². The van der Waals surface area contributed by atoms with Gasteiger partial charge in [-0.05, 0) is 59.9 Å². The van der Waals surface area contributed by atoms with Gasteiger partial charge in [-0.25, -0.2) is 0 Å². The molecule has 0 spiro atoms. The highest BCUT2D eigenvalue weighted by molar-refractivity contribution is 6.82. The fourth-order valence-electron chi connectivity index (χ4n) is 5.16.